The van der Waals surface area contributed by atoms with Gasteiger partial charge in [-0.15, -0.1) is 0 Å². The minimum absolute atomic E-state index is 0.0275. The van der Waals surface area contributed by atoms with Crippen LogP contribution in [0.25, 0.3) is 33.3 Å². The molecule has 18 nitrogen and oxygen atoms in total. The number of nitrogens with one attached hydrogen (secondary N) is 1. The summed E-state index contributed by atoms with van der Waals surface area (Å²) < 4.78 is 36.5. The van der Waals surface area contributed by atoms with Gasteiger partial charge in [-0.05, 0) is 19.9 Å². The van der Waals surface area contributed by atoms with Crippen molar-refractivity contribution in [3.63, 3.8) is 0 Å². The van der Waals surface area contributed by atoms with Crippen molar-refractivity contribution in [1.82, 2.24) is 9.88 Å². The third-order valence-electron chi connectivity index (χ3n) is 13.8. The number of piperazine rings is 1. The maximum atomic E-state index is 14.9. The molecule has 366 valence electrons. The highest BCUT2D eigenvalue weighted by molar-refractivity contribution is 6.22. The van der Waals surface area contributed by atoms with E-state index in [1.807, 2.05) is 24.8 Å². The predicted molar refractivity (Wildman–Crippen MR) is 253 cm³/mol. The lowest BCUT2D eigenvalue weighted by molar-refractivity contribution is -0.161. The number of amides is 1. The molecule has 5 N–H and O–H groups in total. The first-order valence-electron chi connectivity index (χ1n) is 22.8. The molecule has 8 rings (SSSR count). The van der Waals surface area contributed by atoms with Crippen LogP contribution in [0.2, 0.25) is 0 Å². The molecular formula is C50H62N4O14. The van der Waals surface area contributed by atoms with Gasteiger partial charge in [0, 0.05) is 119 Å². The largest absolute Gasteiger partial charge is 0.507 e. The van der Waals surface area contributed by atoms with Crippen molar-refractivity contribution < 1.29 is 62.9 Å². The zero-order valence-electron chi connectivity index (χ0n) is 40.1. The maximum Gasteiger partial charge on any atom is 0.312 e. The van der Waals surface area contributed by atoms with Gasteiger partial charge in [0.25, 0.3) is 11.7 Å². The van der Waals surface area contributed by atoms with Gasteiger partial charge in [-0.2, -0.15) is 0 Å². The van der Waals surface area contributed by atoms with Gasteiger partial charge in [-0.1, -0.05) is 45.9 Å². The van der Waals surface area contributed by atoms with Crippen LogP contribution >= 0.6 is 0 Å². The molecule has 1 saturated heterocycles. The number of aromatic hydroxyl groups is 2. The number of aromatic nitrogens is 1. The van der Waals surface area contributed by atoms with Gasteiger partial charge in [0.15, 0.2) is 11.3 Å². The lowest BCUT2D eigenvalue weighted by atomic mass is 9.78. The Morgan fingerprint density at radius 3 is 2.29 bits per heavy atom. The van der Waals surface area contributed by atoms with E-state index < -0.39 is 76.8 Å². The summed E-state index contributed by atoms with van der Waals surface area (Å²) >= 11 is 0. The summed E-state index contributed by atoms with van der Waals surface area (Å²) in [7, 11) is 2.99. The van der Waals surface area contributed by atoms with Gasteiger partial charge in [-0.25, -0.2) is 4.98 Å². The van der Waals surface area contributed by atoms with Crippen molar-refractivity contribution in [2.24, 2.45) is 23.7 Å². The van der Waals surface area contributed by atoms with E-state index in [1.54, 1.807) is 39.0 Å². The fraction of sp³-hybridized carbons (Fsp3) is 0.500. The average Bonchev–Trinajstić information content (AvgIpc) is 3.57. The summed E-state index contributed by atoms with van der Waals surface area (Å²) in [6, 6.07) is 3.20. The van der Waals surface area contributed by atoms with E-state index in [-0.39, 0.29) is 79.7 Å². The van der Waals surface area contributed by atoms with Gasteiger partial charge in [0.2, 0.25) is 5.43 Å². The van der Waals surface area contributed by atoms with Crippen LogP contribution in [0.3, 0.4) is 0 Å². The van der Waals surface area contributed by atoms with E-state index in [2.05, 4.69) is 10.2 Å². The first kappa shape index (κ1) is 49.8. The molecule has 0 aromatic heterocycles. The number of aliphatic hydroxyl groups excluding tert-OH is 2. The van der Waals surface area contributed by atoms with Gasteiger partial charge in [-0.3, -0.25) is 24.1 Å². The monoisotopic (exact) mass is 942 g/mol. The lowest BCUT2D eigenvalue weighted by Crippen LogP contribution is -2.47. The number of ketones is 1. The molecule has 0 spiro atoms. The van der Waals surface area contributed by atoms with Crippen LogP contribution in [0.15, 0.2) is 57.5 Å². The number of hydrogen-bond donors (Lipinski definition) is 5. The van der Waals surface area contributed by atoms with Gasteiger partial charge < -0.3 is 58.7 Å². The number of methoxy groups -OCH3 is 2. The second kappa shape index (κ2) is 19.9. The number of fused-ring (bicyclic) bond motifs is 14. The van der Waals surface area contributed by atoms with Crippen molar-refractivity contribution in [2.75, 3.05) is 63.8 Å². The van der Waals surface area contributed by atoms with Crippen molar-refractivity contribution >= 4 is 50.9 Å². The number of Topliss-reactive ketones (excluding diaryl/α,β-unsaturated/α-hetero) is 1. The molecule has 1 fully saturated rings. The maximum absolute atomic E-state index is 14.9. The number of nitrogens with zero attached hydrogens (tertiary/aromatic N) is 3. The number of carbonyl (C=O) groups excluding carboxylic acids is 3. The molecule has 18 heteroatoms. The van der Waals surface area contributed by atoms with E-state index in [0.29, 0.717) is 38.4 Å². The lowest BCUT2D eigenvalue weighted by Gasteiger charge is -2.38. The Balaban J connectivity index is 1.44. The number of allylic oxidation sites excluding steroid dienone is 2. The number of carbonyl (C=O) groups is 3. The standard InChI is InChI=1S/C50H62N4O14/c1-24-12-11-13-25(2)49(62)52-40-43(60)36-35(39-47(40)67-34-23-31(22-32(57)38(34)51-39)54-17-15-53(16-18-54)19-20-55)37-46(29(6)42(36)59)68-50(8,48(37)61)65-21-14-33(63-9)26(3)45(66-30(7)56)28(5)41(58)27(4)44(24)64-10/h11-14,21-24,26-28,33,41,44-45,55,57-59H,15-20H2,1-10H3,(H,52,62)/b12-11+,21-14+,25-13-/t24-,26+,27-,28+,33-,41+,44-,45+,50-/m0/s1. The highest BCUT2D eigenvalue weighted by Gasteiger charge is 2.50. The Hall–Kier alpha value is -6.05. The number of rotatable bonds is 6. The molecule has 0 radical (unpaired) electrons. The fourth-order valence-corrected chi connectivity index (χ4v) is 9.85. The molecule has 0 unspecified atom stereocenters. The molecule has 5 bridgehead atoms. The third kappa shape index (κ3) is 9.14. The number of benzene rings is 3. The van der Waals surface area contributed by atoms with Gasteiger partial charge in [0.05, 0.1) is 42.1 Å². The Labute approximate surface area is 394 Å². The van der Waals surface area contributed by atoms with E-state index in [1.165, 1.54) is 53.4 Å². The number of anilines is 2. The fourth-order valence-electron chi connectivity index (χ4n) is 9.85. The van der Waals surface area contributed by atoms with Crippen LogP contribution < -0.4 is 20.4 Å². The first-order chi connectivity index (χ1) is 32.3. The van der Waals surface area contributed by atoms with E-state index in [0.717, 1.165) is 0 Å². The Bertz CT molecular complexity index is 2720. The summed E-state index contributed by atoms with van der Waals surface area (Å²) in [6.07, 6.45) is 4.55. The van der Waals surface area contributed by atoms with Crippen LogP contribution in [0.1, 0.15) is 64.4 Å². The van der Waals surface area contributed by atoms with Gasteiger partial charge >= 0.3 is 11.8 Å². The van der Waals surface area contributed by atoms with Crippen molar-refractivity contribution in [1.29, 1.82) is 0 Å². The van der Waals surface area contributed by atoms with Crippen LogP contribution in [0.4, 0.5) is 11.4 Å². The van der Waals surface area contributed by atoms with E-state index in [4.69, 9.17) is 33.1 Å². The molecule has 6 aliphatic rings. The SMILES string of the molecule is CO[C@@H]1[C@@H](C)[C@@H](O)[C@@H](C)[C@H](OC(C)=O)[C@H](C)[C@@H](OC)/C=C/O[C@@]2(C)Oc3c(C)c(O)c4c(=O)c(c5oc6cc(N7CCN(CCO)CC7)cc(O)c6nc-5c4c3C2=O)NC(=O)/C(C)=C\C=C\[C@@H]1C. The second-order valence-electron chi connectivity index (χ2n) is 18.3. The summed E-state index contributed by atoms with van der Waals surface area (Å²) in [4.78, 5) is 65.3. The summed E-state index contributed by atoms with van der Waals surface area (Å²) in [5, 5.41) is 46.9. The van der Waals surface area contributed by atoms with Crippen LogP contribution in [0.5, 0.6) is 17.2 Å². The zero-order valence-corrected chi connectivity index (χ0v) is 40.1. The van der Waals surface area contributed by atoms with Crippen LogP contribution in [-0.2, 0) is 28.5 Å². The predicted octanol–water partition coefficient (Wildman–Crippen LogP) is 5.42. The average molecular weight is 943 g/mol. The topological polar surface area (TPSA) is 240 Å². The molecule has 5 aliphatic heterocycles. The Kier molecular flexibility index (Phi) is 14.6. The molecule has 2 aromatic carbocycles. The smallest absolute Gasteiger partial charge is 0.312 e. The third-order valence-corrected chi connectivity index (χ3v) is 13.8. The van der Waals surface area contributed by atoms with E-state index >= 15 is 0 Å². The second-order valence-corrected chi connectivity index (χ2v) is 18.3. The molecule has 2 aromatic rings. The quantitative estimate of drug-likeness (QED) is 0.0921. The zero-order chi connectivity index (χ0) is 49.5. The molecule has 68 heavy (non-hydrogen) atoms. The molecular weight excluding hydrogens is 881 g/mol. The molecule has 1 aliphatic carbocycles. The Morgan fingerprint density at radius 1 is 0.956 bits per heavy atom. The first-order valence-corrected chi connectivity index (χ1v) is 22.8. The number of phenolic OH excluding ortho intramolecular Hbond substituents is 2. The van der Waals surface area contributed by atoms with E-state index in [9.17, 15) is 39.6 Å². The molecule has 5 heterocycles. The number of aliphatic hydroxyl groups is 2. The minimum Gasteiger partial charge on any atom is -0.507 e. The van der Waals surface area contributed by atoms with Crippen molar-refractivity contribution in [3.8, 4) is 28.7 Å². The highest BCUT2D eigenvalue weighted by Crippen LogP contribution is 2.51. The Morgan fingerprint density at radius 2 is 1.65 bits per heavy atom. The molecule has 9 atom stereocenters. The minimum atomic E-state index is -2.08. The molecule has 1 amide bonds. The summed E-state index contributed by atoms with van der Waals surface area (Å²) in [5.74, 6) is -7.25. The number of hydrogen-bond acceptors (Lipinski definition) is 17. The number of β-amino-alcohol motifs (C(OH)–C–C–N with tert-alkyl or cyclic N) is 1. The van der Waals surface area contributed by atoms with Crippen LogP contribution in [-0.4, -0.2) is 132 Å². The summed E-state index contributed by atoms with van der Waals surface area (Å²) in [6.45, 7) is 16.0. The normalized spacial score (nSPS) is 29.4. The van der Waals surface area contributed by atoms with Crippen molar-refractivity contribution in [2.45, 2.75) is 85.6 Å². The number of esters is 1. The number of ether oxygens (including phenoxy) is 5. The van der Waals surface area contributed by atoms with Crippen molar-refractivity contribution in [3.05, 3.63) is 69.6 Å². The van der Waals surface area contributed by atoms with Gasteiger partial charge in [0.1, 0.15) is 40.3 Å². The summed E-state index contributed by atoms with van der Waals surface area (Å²) in [5.41, 5.74) is -0.727. The number of phenols is 2. The molecule has 0 saturated carbocycles. The van der Waals surface area contributed by atoms with Crippen LogP contribution in [0, 0.1) is 30.6 Å². The highest BCUT2D eigenvalue weighted by atomic mass is 16.7.